The molecule has 4 nitrogen and oxygen atoms in total. The van der Waals surface area contributed by atoms with Crippen molar-refractivity contribution >= 4 is 29.1 Å². The van der Waals surface area contributed by atoms with E-state index in [0.717, 1.165) is 61.2 Å². The quantitative estimate of drug-likeness (QED) is 0.383. The minimum Gasteiger partial charge on any atom is -0.336 e. The first-order valence-corrected chi connectivity index (χ1v) is 14.7. The number of nitrogens with zero attached hydrogens (tertiary/aromatic N) is 3. The lowest BCUT2D eigenvalue weighted by molar-refractivity contribution is 0.0630. The van der Waals surface area contributed by atoms with Gasteiger partial charge in [-0.3, -0.25) is 14.6 Å². The van der Waals surface area contributed by atoms with Crippen molar-refractivity contribution in [3.8, 4) is 11.1 Å². The van der Waals surface area contributed by atoms with Gasteiger partial charge in [0.1, 0.15) is 6.67 Å². The average Bonchev–Trinajstić information content (AvgIpc) is 3.40. The summed E-state index contributed by atoms with van der Waals surface area (Å²) in [5.74, 6) is 1.74. The molecule has 37 heavy (non-hydrogen) atoms. The molecular weight excluding hydrogens is 508 g/mol. The van der Waals surface area contributed by atoms with E-state index in [1.807, 2.05) is 41.3 Å². The summed E-state index contributed by atoms with van der Waals surface area (Å²) in [6.07, 6.45) is 8.29. The molecule has 2 aromatic carbocycles. The Morgan fingerprint density at radius 3 is 2.14 bits per heavy atom. The van der Waals surface area contributed by atoms with Gasteiger partial charge in [0, 0.05) is 67.0 Å². The summed E-state index contributed by atoms with van der Waals surface area (Å²) in [4.78, 5) is 19.4. The number of alkyl halides is 1. The van der Waals surface area contributed by atoms with Crippen LogP contribution in [0.1, 0.15) is 54.4 Å². The van der Waals surface area contributed by atoms with Crippen LogP contribution in [0.2, 0.25) is 10.0 Å². The van der Waals surface area contributed by atoms with Gasteiger partial charge < -0.3 is 4.90 Å². The van der Waals surface area contributed by atoms with Crippen LogP contribution in [0, 0.1) is 11.8 Å². The number of likely N-dealkylation sites (tertiary alicyclic amines) is 1. The van der Waals surface area contributed by atoms with Gasteiger partial charge >= 0.3 is 0 Å². The minimum absolute atomic E-state index is 0.0232. The average molecular weight is 547 g/mol. The maximum Gasteiger partial charge on any atom is 0.253 e. The van der Waals surface area contributed by atoms with Crippen LogP contribution in [0.25, 0.3) is 11.1 Å². The molecule has 0 N–H and O–H groups in total. The summed E-state index contributed by atoms with van der Waals surface area (Å²) in [5, 5.41) is 1.41. The highest BCUT2D eigenvalue weighted by Gasteiger charge is 2.31. The number of piperazine rings is 1. The van der Waals surface area contributed by atoms with Crippen molar-refractivity contribution in [3.63, 3.8) is 0 Å². The van der Waals surface area contributed by atoms with Crippen molar-refractivity contribution in [2.75, 3.05) is 52.5 Å². The Bertz CT molecular complexity index is 1040. The van der Waals surface area contributed by atoms with Gasteiger partial charge in [-0.1, -0.05) is 67.4 Å². The topological polar surface area (TPSA) is 26.8 Å². The Hall–Kier alpha value is -1.66. The van der Waals surface area contributed by atoms with Gasteiger partial charge in [-0.15, -0.1) is 0 Å². The molecule has 5 rings (SSSR count). The van der Waals surface area contributed by atoms with E-state index in [2.05, 4.69) is 9.80 Å². The highest BCUT2D eigenvalue weighted by Crippen LogP contribution is 2.37. The molecule has 1 atom stereocenters. The maximum atomic E-state index is 12.9. The third kappa shape index (κ3) is 6.50. The summed E-state index contributed by atoms with van der Waals surface area (Å²) in [7, 11) is 0. The minimum atomic E-state index is -0.344. The summed E-state index contributed by atoms with van der Waals surface area (Å²) in [6.45, 7) is 5.87. The standard InChI is InChI=1S/C30H38Cl2FN3O/c31-28-18-26(19-29(32)27(28)21-35-12-10-25(20-35)22-4-2-1-3-5-22)23-6-8-24(9-7-23)30(37)36-16-14-34(13-11-33)15-17-36/h6-9,18-19,22,25H,1-5,10-17,20-21H2. The van der Waals surface area contributed by atoms with Gasteiger partial charge in [0.05, 0.1) is 0 Å². The van der Waals surface area contributed by atoms with Crippen LogP contribution < -0.4 is 0 Å². The van der Waals surface area contributed by atoms with Gasteiger partial charge in [-0.2, -0.15) is 0 Å². The number of benzene rings is 2. The molecule has 0 aromatic heterocycles. The molecule has 2 saturated heterocycles. The molecule has 1 unspecified atom stereocenters. The van der Waals surface area contributed by atoms with E-state index in [1.54, 1.807) is 0 Å². The SMILES string of the molecule is O=C(c1ccc(-c2cc(Cl)c(CN3CCC(C4CCCCC4)C3)c(Cl)c2)cc1)N1CCN(CCF)CC1. The number of carbonyl (C=O) groups excluding carboxylic acids is 1. The third-order valence-electron chi connectivity index (χ3n) is 8.67. The second-order valence-corrected chi connectivity index (χ2v) is 11.8. The summed E-state index contributed by atoms with van der Waals surface area (Å²) in [5.41, 5.74) is 3.62. The molecule has 1 amide bonds. The van der Waals surface area contributed by atoms with Crippen molar-refractivity contribution in [2.24, 2.45) is 11.8 Å². The maximum absolute atomic E-state index is 12.9. The Labute approximate surface area is 230 Å². The van der Waals surface area contributed by atoms with Gasteiger partial charge in [0.2, 0.25) is 0 Å². The fraction of sp³-hybridized carbons (Fsp3) is 0.567. The fourth-order valence-corrected chi connectivity index (χ4v) is 7.03. The molecule has 0 radical (unpaired) electrons. The Morgan fingerprint density at radius 1 is 0.811 bits per heavy atom. The second kappa shape index (κ2) is 12.5. The van der Waals surface area contributed by atoms with Crippen molar-refractivity contribution in [2.45, 2.75) is 45.1 Å². The molecule has 7 heteroatoms. The lowest BCUT2D eigenvalue weighted by Crippen LogP contribution is -2.49. The van der Waals surface area contributed by atoms with E-state index < -0.39 is 0 Å². The lowest BCUT2D eigenvalue weighted by atomic mass is 9.80. The molecule has 3 aliphatic rings. The number of carbonyl (C=O) groups is 1. The predicted octanol–water partition coefficient (Wildman–Crippen LogP) is 6.79. The second-order valence-electron chi connectivity index (χ2n) is 11.0. The largest absolute Gasteiger partial charge is 0.336 e. The van der Waals surface area contributed by atoms with Gasteiger partial charge in [0.15, 0.2) is 0 Å². The number of amides is 1. The number of hydrogen-bond acceptors (Lipinski definition) is 3. The molecule has 2 aliphatic heterocycles. The zero-order valence-electron chi connectivity index (χ0n) is 21.6. The Balaban J connectivity index is 1.20. The van der Waals surface area contributed by atoms with Crippen LogP contribution >= 0.6 is 23.2 Å². The molecule has 0 spiro atoms. The first-order chi connectivity index (χ1) is 18.0. The molecule has 1 saturated carbocycles. The van der Waals surface area contributed by atoms with Gasteiger partial charge in [-0.25, -0.2) is 4.39 Å². The molecule has 3 fully saturated rings. The van der Waals surface area contributed by atoms with E-state index in [9.17, 15) is 9.18 Å². The van der Waals surface area contributed by atoms with E-state index in [1.165, 1.54) is 38.5 Å². The number of halogens is 3. The molecule has 2 heterocycles. The van der Waals surface area contributed by atoms with E-state index in [-0.39, 0.29) is 12.6 Å². The zero-order valence-corrected chi connectivity index (χ0v) is 23.1. The van der Waals surface area contributed by atoms with Crippen LogP contribution in [0.3, 0.4) is 0 Å². The predicted molar refractivity (Wildman–Crippen MR) is 150 cm³/mol. The van der Waals surface area contributed by atoms with Crippen molar-refractivity contribution in [1.82, 2.24) is 14.7 Å². The Morgan fingerprint density at radius 2 is 1.49 bits per heavy atom. The summed E-state index contributed by atoms with van der Waals surface area (Å²) in [6, 6.07) is 11.7. The highest BCUT2D eigenvalue weighted by molar-refractivity contribution is 6.36. The van der Waals surface area contributed by atoms with E-state index >= 15 is 0 Å². The smallest absolute Gasteiger partial charge is 0.253 e. The van der Waals surface area contributed by atoms with E-state index in [0.29, 0.717) is 35.2 Å². The highest BCUT2D eigenvalue weighted by atomic mass is 35.5. The number of rotatable bonds is 7. The van der Waals surface area contributed by atoms with Crippen LogP contribution in [-0.4, -0.2) is 73.1 Å². The van der Waals surface area contributed by atoms with Gasteiger partial charge in [-0.05, 0) is 60.2 Å². The molecule has 1 aliphatic carbocycles. The van der Waals surface area contributed by atoms with Crippen molar-refractivity contribution in [1.29, 1.82) is 0 Å². The first-order valence-electron chi connectivity index (χ1n) is 13.9. The van der Waals surface area contributed by atoms with Crippen LogP contribution in [-0.2, 0) is 6.54 Å². The molecule has 0 bridgehead atoms. The van der Waals surface area contributed by atoms with Crippen molar-refractivity contribution in [3.05, 3.63) is 57.6 Å². The van der Waals surface area contributed by atoms with Gasteiger partial charge in [0.25, 0.3) is 5.91 Å². The summed E-state index contributed by atoms with van der Waals surface area (Å²) >= 11 is 13.5. The van der Waals surface area contributed by atoms with E-state index in [4.69, 9.17) is 23.2 Å². The first kappa shape index (κ1) is 26.9. The normalized spacial score (nSPS) is 22.0. The third-order valence-corrected chi connectivity index (χ3v) is 9.35. The number of hydrogen-bond donors (Lipinski definition) is 0. The Kier molecular flexibility index (Phi) is 9.07. The van der Waals surface area contributed by atoms with Crippen LogP contribution in [0.15, 0.2) is 36.4 Å². The monoisotopic (exact) mass is 545 g/mol. The lowest BCUT2D eigenvalue weighted by Gasteiger charge is -2.34. The molecule has 2 aromatic rings. The fourth-order valence-electron chi connectivity index (χ4n) is 6.42. The van der Waals surface area contributed by atoms with Crippen LogP contribution in [0.5, 0.6) is 0 Å². The summed E-state index contributed by atoms with van der Waals surface area (Å²) < 4.78 is 12.6. The van der Waals surface area contributed by atoms with Crippen molar-refractivity contribution < 1.29 is 9.18 Å². The zero-order chi connectivity index (χ0) is 25.8. The van der Waals surface area contributed by atoms with Crippen LogP contribution in [0.4, 0.5) is 4.39 Å². The molecule has 200 valence electrons. The molecular formula is C30H38Cl2FN3O.